The van der Waals surface area contributed by atoms with Crippen molar-refractivity contribution in [2.45, 2.75) is 85.1 Å². The molecule has 22 heavy (non-hydrogen) atoms. The van der Waals surface area contributed by atoms with Crippen LogP contribution in [0, 0.1) is 0 Å². The maximum absolute atomic E-state index is 11.3. The van der Waals surface area contributed by atoms with E-state index in [9.17, 15) is 9.59 Å². The van der Waals surface area contributed by atoms with Crippen molar-refractivity contribution >= 4 is 11.6 Å². The van der Waals surface area contributed by atoms with Crippen LogP contribution in [0.3, 0.4) is 0 Å². The Hall–Kier alpha value is -1.45. The summed E-state index contributed by atoms with van der Waals surface area (Å²) < 4.78 is 2.20. The number of carbonyl (C=O) groups is 2. The van der Waals surface area contributed by atoms with Gasteiger partial charge in [-0.05, 0) is 44.6 Å². The molecule has 1 aromatic rings. The molecule has 124 valence electrons. The molecule has 0 N–H and O–H groups in total. The molecule has 0 aliphatic heterocycles. The Morgan fingerprint density at radius 2 is 1.64 bits per heavy atom. The van der Waals surface area contributed by atoms with Crippen molar-refractivity contribution in [3.63, 3.8) is 0 Å². The highest BCUT2D eigenvalue weighted by molar-refractivity contribution is 5.79. The van der Waals surface area contributed by atoms with Gasteiger partial charge in [-0.15, -0.1) is 0 Å². The fourth-order valence-electron chi connectivity index (χ4n) is 2.60. The molecule has 1 fully saturated rings. The van der Waals surface area contributed by atoms with Gasteiger partial charge in [-0.25, -0.2) is 0 Å². The van der Waals surface area contributed by atoms with Crippen LogP contribution in [0.2, 0.25) is 0 Å². The van der Waals surface area contributed by atoms with E-state index in [1.54, 1.807) is 0 Å². The Morgan fingerprint density at radius 1 is 1.14 bits per heavy atom. The second-order valence-corrected chi connectivity index (χ2v) is 6.93. The lowest BCUT2D eigenvalue weighted by Crippen LogP contribution is -2.21. The van der Waals surface area contributed by atoms with E-state index in [-0.39, 0.29) is 5.78 Å². The van der Waals surface area contributed by atoms with Crippen LogP contribution >= 0.6 is 0 Å². The molecule has 1 aromatic heterocycles. The summed E-state index contributed by atoms with van der Waals surface area (Å²) in [5.74, 6) is 1.53. The van der Waals surface area contributed by atoms with Crippen molar-refractivity contribution in [3.8, 4) is 0 Å². The first-order valence-corrected chi connectivity index (χ1v) is 8.30. The van der Waals surface area contributed by atoms with Crippen molar-refractivity contribution < 1.29 is 9.59 Å². The normalized spacial score (nSPS) is 15.9. The zero-order chi connectivity index (χ0) is 16.9. The van der Waals surface area contributed by atoms with Crippen molar-refractivity contribution in [1.29, 1.82) is 0 Å². The molecule has 1 aliphatic rings. The molecule has 0 unspecified atom stereocenters. The molecule has 4 nitrogen and oxygen atoms in total. The highest BCUT2D eigenvalue weighted by Crippen LogP contribution is 2.31. The van der Waals surface area contributed by atoms with E-state index in [1.165, 1.54) is 25.2 Å². The van der Waals surface area contributed by atoms with Gasteiger partial charge in [0.1, 0.15) is 11.6 Å². The van der Waals surface area contributed by atoms with Crippen LogP contribution in [0.5, 0.6) is 0 Å². The average molecular weight is 306 g/mol. The van der Waals surface area contributed by atoms with Gasteiger partial charge in [-0.1, -0.05) is 27.7 Å². The Morgan fingerprint density at radius 3 is 2.05 bits per heavy atom. The molecule has 0 radical (unpaired) electrons. The third-order valence-corrected chi connectivity index (χ3v) is 3.83. The number of rotatable bonds is 3. The first kappa shape index (κ1) is 18.6. The van der Waals surface area contributed by atoms with Gasteiger partial charge in [-0.3, -0.25) is 9.48 Å². The first-order chi connectivity index (χ1) is 10.2. The van der Waals surface area contributed by atoms with Crippen molar-refractivity contribution in [1.82, 2.24) is 9.78 Å². The molecule has 1 heterocycles. The second-order valence-electron chi connectivity index (χ2n) is 6.93. The number of ketones is 2. The van der Waals surface area contributed by atoms with Crippen LogP contribution in [0.25, 0.3) is 0 Å². The van der Waals surface area contributed by atoms with Crippen LogP contribution < -0.4 is 0 Å². The van der Waals surface area contributed by atoms with Crippen LogP contribution in [-0.2, 0) is 9.59 Å². The molecule has 0 bridgehead atoms. The van der Waals surface area contributed by atoms with Gasteiger partial charge in [0.15, 0.2) is 0 Å². The monoisotopic (exact) mass is 306 g/mol. The number of aromatic nitrogens is 2. The zero-order valence-electron chi connectivity index (χ0n) is 14.8. The predicted molar refractivity (Wildman–Crippen MR) is 89.3 cm³/mol. The number of carbonyl (C=O) groups excluding carboxylic acids is 2. The Labute approximate surface area is 134 Å². The molecule has 0 atom stereocenters. The van der Waals surface area contributed by atoms with E-state index in [0.717, 1.165) is 25.7 Å². The molecule has 0 saturated heterocycles. The van der Waals surface area contributed by atoms with Gasteiger partial charge >= 0.3 is 0 Å². The Kier molecular flexibility index (Phi) is 6.98. The fraction of sp³-hybridized carbons (Fsp3) is 0.722. The van der Waals surface area contributed by atoms with Crippen LogP contribution in [-0.4, -0.2) is 21.3 Å². The van der Waals surface area contributed by atoms with Crippen molar-refractivity contribution in [2.75, 3.05) is 0 Å². The summed E-state index contributed by atoms with van der Waals surface area (Å²) in [4.78, 5) is 20.8. The Balaban J connectivity index is 0.000000541. The number of hydrogen-bond acceptors (Lipinski definition) is 3. The molecule has 1 saturated carbocycles. The summed E-state index contributed by atoms with van der Waals surface area (Å²) in [6, 6.07) is 2.67. The number of hydrogen-bond donors (Lipinski definition) is 0. The van der Waals surface area contributed by atoms with Crippen LogP contribution in [0.4, 0.5) is 0 Å². The van der Waals surface area contributed by atoms with Gasteiger partial charge in [-0.2, -0.15) is 5.10 Å². The van der Waals surface area contributed by atoms with E-state index in [4.69, 9.17) is 5.10 Å². The maximum Gasteiger partial charge on any atom is 0.133 e. The second kappa shape index (κ2) is 8.25. The highest BCUT2D eigenvalue weighted by Gasteiger charge is 2.24. The predicted octanol–water partition coefficient (Wildman–Crippen LogP) is 4.41. The summed E-state index contributed by atoms with van der Waals surface area (Å²) in [5, 5.41) is 4.79. The van der Waals surface area contributed by atoms with E-state index in [0.29, 0.717) is 23.7 Å². The lowest BCUT2D eigenvalue weighted by molar-refractivity contribution is -0.121. The summed E-state index contributed by atoms with van der Waals surface area (Å²) in [5.41, 5.74) is 2.49. The van der Waals surface area contributed by atoms with Crippen molar-refractivity contribution in [2.24, 2.45) is 0 Å². The fourth-order valence-corrected chi connectivity index (χ4v) is 2.60. The molecule has 2 rings (SSSR count). The number of nitrogens with zero attached hydrogens (tertiary/aromatic N) is 2. The first-order valence-electron chi connectivity index (χ1n) is 8.30. The topological polar surface area (TPSA) is 52.0 Å². The molecular weight excluding hydrogens is 276 g/mol. The average Bonchev–Trinajstić information content (AvgIpc) is 2.84. The standard InChI is InChI=1S/C15H24N2O.C3H6O/c1-10(2)14-9-15(11(3)4)17(16-14)12-5-7-13(18)8-6-12;1-3(2)4/h9-12H,5-8H2,1-4H3;1-2H3. The lowest BCUT2D eigenvalue weighted by Gasteiger charge is -2.24. The molecular formula is C18H30N2O2. The molecule has 4 heteroatoms. The maximum atomic E-state index is 11.3. The minimum absolute atomic E-state index is 0.167. The van der Waals surface area contributed by atoms with Crippen LogP contribution in [0.15, 0.2) is 6.07 Å². The summed E-state index contributed by atoms with van der Waals surface area (Å²) in [7, 11) is 0. The van der Waals surface area contributed by atoms with E-state index < -0.39 is 0 Å². The largest absolute Gasteiger partial charge is 0.300 e. The summed E-state index contributed by atoms with van der Waals surface area (Å²) >= 11 is 0. The molecule has 1 aliphatic carbocycles. The van der Waals surface area contributed by atoms with Gasteiger partial charge in [0.2, 0.25) is 0 Å². The van der Waals surface area contributed by atoms with Gasteiger partial charge in [0.25, 0.3) is 0 Å². The molecule has 0 aromatic carbocycles. The smallest absolute Gasteiger partial charge is 0.133 e. The highest BCUT2D eigenvalue weighted by atomic mass is 16.1. The Bertz CT molecular complexity index is 501. The van der Waals surface area contributed by atoms with E-state index in [1.807, 2.05) is 0 Å². The van der Waals surface area contributed by atoms with E-state index >= 15 is 0 Å². The third kappa shape index (κ3) is 5.39. The van der Waals surface area contributed by atoms with Crippen LogP contribution in [0.1, 0.15) is 96.5 Å². The van der Waals surface area contributed by atoms with Crippen molar-refractivity contribution in [3.05, 3.63) is 17.5 Å². The van der Waals surface area contributed by atoms with Gasteiger partial charge in [0.05, 0.1) is 11.7 Å². The third-order valence-electron chi connectivity index (χ3n) is 3.83. The van der Waals surface area contributed by atoms with Gasteiger partial charge in [0, 0.05) is 18.5 Å². The number of Topliss-reactive ketones (excluding diaryl/α,β-unsaturated/α-hetero) is 2. The quantitative estimate of drug-likeness (QED) is 0.831. The minimum Gasteiger partial charge on any atom is -0.300 e. The minimum atomic E-state index is 0.167. The zero-order valence-corrected chi connectivity index (χ0v) is 14.8. The molecule has 0 spiro atoms. The SMILES string of the molecule is CC(C)=O.CC(C)c1cc(C(C)C)n(C2CCC(=O)CC2)n1. The van der Waals surface area contributed by atoms with Gasteiger partial charge < -0.3 is 4.79 Å². The summed E-state index contributed by atoms with van der Waals surface area (Å²) in [6.07, 6.45) is 3.35. The molecule has 0 amide bonds. The van der Waals surface area contributed by atoms with E-state index in [2.05, 4.69) is 38.4 Å². The summed E-state index contributed by atoms with van der Waals surface area (Å²) in [6.45, 7) is 11.8. The lowest BCUT2D eigenvalue weighted by atomic mass is 9.94.